The first-order valence-corrected chi connectivity index (χ1v) is 10.2. The number of para-hydroxylation sites is 2. The summed E-state index contributed by atoms with van der Waals surface area (Å²) >= 11 is 0.879. The molecule has 2 aromatic carbocycles. The van der Waals surface area contributed by atoms with E-state index in [2.05, 4.69) is 15.5 Å². The number of anilines is 1. The van der Waals surface area contributed by atoms with E-state index in [4.69, 9.17) is 4.42 Å². The number of aryl methyl sites for hydroxylation is 1. The SMILES string of the molecule is Cc1nnc(S/C(=C\c2cn(CC(=O)Nc3ccccc3)c3ccccc23)C(=O)O)o1. The molecule has 8 nitrogen and oxygen atoms in total. The minimum absolute atomic E-state index is 0.0280. The Kier molecular flexibility index (Phi) is 5.85. The lowest BCUT2D eigenvalue weighted by Crippen LogP contribution is -2.18. The third-order valence-corrected chi connectivity index (χ3v) is 5.25. The first-order chi connectivity index (χ1) is 15.0. The molecule has 2 N–H and O–H groups in total. The first kappa shape index (κ1) is 20.4. The molecular weight excluding hydrogens is 416 g/mol. The molecule has 2 heterocycles. The van der Waals surface area contributed by atoms with Crippen LogP contribution < -0.4 is 5.32 Å². The van der Waals surface area contributed by atoms with Crippen LogP contribution in [0.1, 0.15) is 11.5 Å². The van der Waals surface area contributed by atoms with E-state index in [0.717, 1.165) is 22.7 Å². The number of aliphatic carboxylic acids is 1. The lowest BCUT2D eigenvalue weighted by atomic mass is 10.1. The van der Waals surface area contributed by atoms with Crippen LogP contribution >= 0.6 is 11.8 Å². The second-order valence-corrected chi connectivity index (χ2v) is 7.64. The largest absolute Gasteiger partial charge is 0.477 e. The van der Waals surface area contributed by atoms with Crippen molar-refractivity contribution in [2.45, 2.75) is 18.7 Å². The fourth-order valence-electron chi connectivity index (χ4n) is 3.09. The minimum atomic E-state index is -1.11. The number of nitrogens with one attached hydrogen (secondary N) is 1. The molecule has 0 aliphatic heterocycles. The van der Waals surface area contributed by atoms with Gasteiger partial charge < -0.3 is 19.4 Å². The molecular formula is C22H18N4O4S. The lowest BCUT2D eigenvalue weighted by molar-refractivity contribution is -0.131. The molecule has 2 aromatic heterocycles. The van der Waals surface area contributed by atoms with Crippen molar-refractivity contribution in [2.24, 2.45) is 0 Å². The summed E-state index contributed by atoms with van der Waals surface area (Å²) in [7, 11) is 0. The fourth-order valence-corrected chi connectivity index (χ4v) is 3.79. The van der Waals surface area contributed by atoms with Crippen molar-refractivity contribution in [1.82, 2.24) is 14.8 Å². The Balaban J connectivity index is 1.64. The number of fused-ring (bicyclic) bond motifs is 1. The van der Waals surface area contributed by atoms with Crippen LogP contribution in [0.5, 0.6) is 0 Å². The van der Waals surface area contributed by atoms with Gasteiger partial charge in [-0.05, 0) is 36.0 Å². The summed E-state index contributed by atoms with van der Waals surface area (Å²) in [5.74, 6) is -0.940. The van der Waals surface area contributed by atoms with E-state index >= 15 is 0 Å². The third-order valence-electron chi connectivity index (χ3n) is 4.39. The highest BCUT2D eigenvalue weighted by Gasteiger charge is 2.17. The quantitative estimate of drug-likeness (QED) is 0.331. The Labute approximate surface area is 181 Å². The maximum Gasteiger partial charge on any atom is 0.342 e. The van der Waals surface area contributed by atoms with Gasteiger partial charge in [-0.15, -0.1) is 10.2 Å². The molecule has 1 amide bonds. The molecule has 0 bridgehead atoms. The zero-order valence-corrected chi connectivity index (χ0v) is 17.3. The number of hydrogen-bond donors (Lipinski definition) is 2. The van der Waals surface area contributed by atoms with E-state index in [1.807, 2.05) is 54.6 Å². The summed E-state index contributed by atoms with van der Waals surface area (Å²) in [6.45, 7) is 1.72. The van der Waals surface area contributed by atoms with Crippen molar-refractivity contribution in [3.05, 3.63) is 77.2 Å². The maximum absolute atomic E-state index is 12.5. The Bertz CT molecular complexity index is 1280. The van der Waals surface area contributed by atoms with Gasteiger partial charge in [-0.3, -0.25) is 4.79 Å². The zero-order valence-electron chi connectivity index (χ0n) is 16.5. The highest BCUT2D eigenvalue weighted by molar-refractivity contribution is 8.03. The van der Waals surface area contributed by atoms with Crippen molar-refractivity contribution in [2.75, 3.05) is 5.32 Å². The number of hydrogen-bond acceptors (Lipinski definition) is 6. The number of benzene rings is 2. The van der Waals surface area contributed by atoms with Crippen LogP contribution in [0, 0.1) is 6.92 Å². The van der Waals surface area contributed by atoms with E-state index in [-0.39, 0.29) is 22.6 Å². The average molecular weight is 434 g/mol. The van der Waals surface area contributed by atoms with Crippen LogP contribution in [0.15, 0.2) is 75.3 Å². The van der Waals surface area contributed by atoms with Crippen molar-refractivity contribution in [3.63, 3.8) is 0 Å². The topological polar surface area (TPSA) is 110 Å². The number of carbonyl (C=O) groups is 2. The van der Waals surface area contributed by atoms with Crippen LogP contribution in [0.2, 0.25) is 0 Å². The fraction of sp³-hybridized carbons (Fsp3) is 0.0909. The van der Waals surface area contributed by atoms with E-state index in [0.29, 0.717) is 17.1 Å². The van der Waals surface area contributed by atoms with E-state index < -0.39 is 5.97 Å². The van der Waals surface area contributed by atoms with Crippen molar-refractivity contribution in [3.8, 4) is 0 Å². The van der Waals surface area contributed by atoms with Gasteiger partial charge >= 0.3 is 5.97 Å². The predicted octanol–water partition coefficient (Wildman–Crippen LogP) is 4.19. The summed E-state index contributed by atoms with van der Waals surface area (Å²) in [5, 5.41) is 21.0. The van der Waals surface area contributed by atoms with Crippen LogP contribution in [0.25, 0.3) is 17.0 Å². The Hall–Kier alpha value is -3.85. The molecule has 0 saturated heterocycles. The summed E-state index contributed by atoms with van der Waals surface area (Å²) in [6, 6.07) is 16.7. The summed E-state index contributed by atoms with van der Waals surface area (Å²) in [5.41, 5.74) is 2.20. The standard InChI is InChI=1S/C22H18N4O4S/c1-14-24-25-22(30-14)31-19(21(28)29)11-15-12-26(18-10-6-5-9-17(15)18)13-20(27)23-16-7-3-2-4-8-16/h2-12H,13H2,1H3,(H,23,27)(H,28,29)/b19-11-. The lowest BCUT2D eigenvalue weighted by Gasteiger charge is -2.07. The monoisotopic (exact) mass is 434 g/mol. The number of carbonyl (C=O) groups excluding carboxylic acids is 1. The number of amides is 1. The van der Waals surface area contributed by atoms with Gasteiger partial charge in [-0.25, -0.2) is 4.79 Å². The Morgan fingerprint density at radius 2 is 1.87 bits per heavy atom. The van der Waals surface area contributed by atoms with E-state index in [1.165, 1.54) is 0 Å². The molecule has 0 unspecified atom stereocenters. The van der Waals surface area contributed by atoms with E-state index in [1.54, 1.807) is 23.8 Å². The number of carboxylic acid groups (broad SMARTS) is 1. The number of rotatable bonds is 7. The highest BCUT2D eigenvalue weighted by atomic mass is 32.2. The molecule has 0 fully saturated rings. The number of carboxylic acids is 1. The van der Waals surface area contributed by atoms with Crippen LogP contribution in [0.4, 0.5) is 5.69 Å². The second kappa shape index (κ2) is 8.88. The molecule has 31 heavy (non-hydrogen) atoms. The molecule has 4 rings (SSSR count). The van der Waals surface area contributed by atoms with Crippen LogP contribution in [0.3, 0.4) is 0 Å². The number of thioether (sulfide) groups is 1. The molecule has 0 spiro atoms. The van der Waals surface area contributed by atoms with Crippen molar-refractivity contribution in [1.29, 1.82) is 0 Å². The highest BCUT2D eigenvalue weighted by Crippen LogP contribution is 2.30. The normalized spacial score (nSPS) is 11.6. The van der Waals surface area contributed by atoms with Gasteiger partial charge in [0.15, 0.2) is 0 Å². The van der Waals surface area contributed by atoms with Crippen molar-refractivity contribution >= 4 is 46.3 Å². The van der Waals surface area contributed by atoms with Gasteiger partial charge in [-0.1, -0.05) is 36.4 Å². The number of aromatic nitrogens is 3. The molecule has 4 aromatic rings. The van der Waals surface area contributed by atoms with Gasteiger partial charge in [0.2, 0.25) is 11.8 Å². The summed E-state index contributed by atoms with van der Waals surface area (Å²) in [6.07, 6.45) is 3.30. The zero-order chi connectivity index (χ0) is 21.8. The van der Waals surface area contributed by atoms with Gasteiger partial charge in [-0.2, -0.15) is 0 Å². The van der Waals surface area contributed by atoms with Gasteiger partial charge in [0.05, 0.1) is 0 Å². The number of nitrogens with zero attached hydrogens (tertiary/aromatic N) is 3. The van der Waals surface area contributed by atoms with E-state index in [9.17, 15) is 14.7 Å². The molecule has 0 radical (unpaired) electrons. The molecule has 9 heteroatoms. The second-order valence-electron chi connectivity index (χ2n) is 6.65. The molecule has 0 aliphatic carbocycles. The Morgan fingerprint density at radius 1 is 1.13 bits per heavy atom. The van der Waals surface area contributed by atoms with Crippen LogP contribution in [-0.4, -0.2) is 31.7 Å². The molecule has 0 saturated carbocycles. The van der Waals surface area contributed by atoms with Gasteiger partial charge in [0.1, 0.15) is 11.4 Å². The van der Waals surface area contributed by atoms with Crippen LogP contribution in [-0.2, 0) is 16.1 Å². The van der Waals surface area contributed by atoms with Gasteiger partial charge in [0, 0.05) is 35.3 Å². The third kappa shape index (κ3) is 4.84. The maximum atomic E-state index is 12.5. The summed E-state index contributed by atoms with van der Waals surface area (Å²) in [4.78, 5) is 24.4. The van der Waals surface area contributed by atoms with Gasteiger partial charge in [0.25, 0.3) is 5.22 Å². The first-order valence-electron chi connectivity index (χ1n) is 9.35. The summed E-state index contributed by atoms with van der Waals surface area (Å²) < 4.78 is 7.07. The Morgan fingerprint density at radius 3 is 2.58 bits per heavy atom. The molecule has 0 aliphatic rings. The minimum Gasteiger partial charge on any atom is -0.477 e. The van der Waals surface area contributed by atoms with Crippen molar-refractivity contribution < 1.29 is 19.1 Å². The molecule has 156 valence electrons. The molecule has 0 atom stereocenters. The smallest absolute Gasteiger partial charge is 0.342 e. The predicted molar refractivity (Wildman–Crippen MR) is 118 cm³/mol. The average Bonchev–Trinajstić information content (AvgIpc) is 3.32.